The minimum atomic E-state index is -0.450. The molecular formula is C18H14O4. The quantitative estimate of drug-likeness (QED) is 0.486. The highest BCUT2D eigenvalue weighted by atomic mass is 16.5. The molecule has 0 saturated heterocycles. The molecule has 0 fully saturated rings. The van der Waals surface area contributed by atoms with E-state index in [0.29, 0.717) is 17.4 Å². The van der Waals surface area contributed by atoms with Crippen LogP contribution in [0.1, 0.15) is 6.92 Å². The summed E-state index contributed by atoms with van der Waals surface area (Å²) in [5.41, 5.74) is 2.28. The van der Waals surface area contributed by atoms with Crippen molar-refractivity contribution in [3.8, 4) is 11.5 Å². The molecule has 110 valence electrons. The maximum atomic E-state index is 11.8. The Labute approximate surface area is 128 Å². The van der Waals surface area contributed by atoms with Gasteiger partial charge >= 0.3 is 11.9 Å². The highest BCUT2D eigenvalue weighted by molar-refractivity contribution is 5.85. The summed E-state index contributed by atoms with van der Waals surface area (Å²) in [5, 5.41) is 0. The Hall–Kier alpha value is -2.88. The second kappa shape index (κ2) is 5.85. The van der Waals surface area contributed by atoms with E-state index in [-0.39, 0.29) is 0 Å². The Bertz CT molecular complexity index is 733. The van der Waals surface area contributed by atoms with Crippen LogP contribution in [0.2, 0.25) is 0 Å². The molecule has 0 aromatic heterocycles. The van der Waals surface area contributed by atoms with Gasteiger partial charge in [0.2, 0.25) is 0 Å². The van der Waals surface area contributed by atoms with Crippen molar-refractivity contribution < 1.29 is 19.1 Å². The summed E-state index contributed by atoms with van der Waals surface area (Å²) in [7, 11) is 0. The maximum Gasteiger partial charge on any atom is 0.336 e. The van der Waals surface area contributed by atoms with Crippen LogP contribution in [-0.2, 0) is 9.59 Å². The van der Waals surface area contributed by atoms with Gasteiger partial charge in [-0.2, -0.15) is 0 Å². The van der Waals surface area contributed by atoms with Crippen LogP contribution in [0, 0.1) is 5.92 Å². The van der Waals surface area contributed by atoms with E-state index >= 15 is 0 Å². The van der Waals surface area contributed by atoms with E-state index in [9.17, 15) is 9.59 Å². The molecule has 1 aromatic carbocycles. The van der Waals surface area contributed by atoms with Crippen molar-refractivity contribution in [3.05, 3.63) is 71.9 Å². The van der Waals surface area contributed by atoms with Gasteiger partial charge in [0, 0.05) is 18.9 Å². The topological polar surface area (TPSA) is 52.6 Å². The van der Waals surface area contributed by atoms with Crippen LogP contribution < -0.4 is 9.47 Å². The van der Waals surface area contributed by atoms with Crippen LogP contribution in [0.25, 0.3) is 0 Å². The molecular weight excluding hydrogens is 280 g/mol. The van der Waals surface area contributed by atoms with Gasteiger partial charge in [-0.05, 0) is 41.5 Å². The van der Waals surface area contributed by atoms with E-state index in [1.54, 1.807) is 30.3 Å². The Morgan fingerprint density at radius 2 is 1.77 bits per heavy atom. The number of hydrogen-bond donors (Lipinski definition) is 0. The molecule has 1 atom stereocenters. The van der Waals surface area contributed by atoms with Crippen molar-refractivity contribution in [2.24, 2.45) is 5.92 Å². The summed E-state index contributed by atoms with van der Waals surface area (Å²) in [6, 6.07) is 6.29. The SMILES string of the molecule is CC(=O)Oc1ccc(OC(=O)/C=C/C2=CC=C[C@@H]3C=C23)cc1. The van der Waals surface area contributed by atoms with Gasteiger partial charge in [-0.1, -0.05) is 24.3 Å². The monoisotopic (exact) mass is 294 g/mol. The van der Waals surface area contributed by atoms with Gasteiger partial charge in [0.25, 0.3) is 0 Å². The molecule has 4 heteroatoms. The van der Waals surface area contributed by atoms with Gasteiger partial charge in [-0.15, -0.1) is 0 Å². The summed E-state index contributed by atoms with van der Waals surface area (Å²) in [5.74, 6) is 0.401. The van der Waals surface area contributed by atoms with E-state index in [1.165, 1.54) is 18.6 Å². The summed E-state index contributed by atoms with van der Waals surface area (Å²) >= 11 is 0. The molecule has 0 spiro atoms. The Morgan fingerprint density at radius 1 is 1.09 bits per heavy atom. The first-order chi connectivity index (χ1) is 10.6. The molecule has 3 rings (SSSR count). The highest BCUT2D eigenvalue weighted by Gasteiger charge is 2.25. The van der Waals surface area contributed by atoms with Crippen LogP contribution >= 0.6 is 0 Å². The number of rotatable bonds is 4. The average Bonchev–Trinajstić information content (AvgIpc) is 3.26. The van der Waals surface area contributed by atoms with E-state index in [0.717, 1.165) is 5.57 Å². The van der Waals surface area contributed by atoms with Gasteiger partial charge in [0.05, 0.1) is 0 Å². The fourth-order valence-corrected chi connectivity index (χ4v) is 2.17. The van der Waals surface area contributed by atoms with Crippen molar-refractivity contribution in [1.82, 2.24) is 0 Å². The van der Waals surface area contributed by atoms with Crippen molar-refractivity contribution in [1.29, 1.82) is 0 Å². The predicted molar refractivity (Wildman–Crippen MR) is 81.3 cm³/mol. The van der Waals surface area contributed by atoms with Crippen LogP contribution in [0.15, 0.2) is 71.9 Å². The van der Waals surface area contributed by atoms with Crippen molar-refractivity contribution in [3.63, 3.8) is 0 Å². The lowest BCUT2D eigenvalue weighted by molar-refractivity contribution is -0.132. The zero-order valence-electron chi connectivity index (χ0n) is 12.0. The molecule has 0 N–H and O–H groups in total. The van der Waals surface area contributed by atoms with Crippen molar-refractivity contribution >= 4 is 11.9 Å². The van der Waals surface area contributed by atoms with E-state index in [4.69, 9.17) is 9.47 Å². The van der Waals surface area contributed by atoms with Crippen molar-refractivity contribution in [2.75, 3.05) is 0 Å². The number of fused-ring (bicyclic) bond motifs is 1. The third-order valence-electron chi connectivity index (χ3n) is 3.24. The third-order valence-corrected chi connectivity index (χ3v) is 3.24. The summed E-state index contributed by atoms with van der Waals surface area (Å²) in [4.78, 5) is 22.6. The number of carbonyl (C=O) groups is 2. The number of allylic oxidation sites excluding steroid dienone is 7. The van der Waals surface area contributed by atoms with E-state index in [2.05, 4.69) is 12.2 Å². The Balaban J connectivity index is 1.57. The predicted octanol–water partition coefficient (Wildman–Crippen LogP) is 3.13. The van der Waals surface area contributed by atoms with Gasteiger partial charge in [-0.3, -0.25) is 4.79 Å². The molecule has 4 nitrogen and oxygen atoms in total. The molecule has 0 heterocycles. The largest absolute Gasteiger partial charge is 0.427 e. The number of hydrogen-bond acceptors (Lipinski definition) is 4. The molecule has 1 aromatic rings. The highest BCUT2D eigenvalue weighted by Crippen LogP contribution is 2.39. The first kappa shape index (κ1) is 14.1. The van der Waals surface area contributed by atoms with Crippen LogP contribution in [0.4, 0.5) is 0 Å². The average molecular weight is 294 g/mol. The third kappa shape index (κ3) is 3.41. The summed E-state index contributed by atoms with van der Waals surface area (Å²) in [6.45, 7) is 1.33. The minimum Gasteiger partial charge on any atom is -0.427 e. The molecule has 0 unspecified atom stereocenters. The van der Waals surface area contributed by atoms with E-state index in [1.807, 2.05) is 12.2 Å². The first-order valence-electron chi connectivity index (χ1n) is 6.91. The van der Waals surface area contributed by atoms with Crippen molar-refractivity contribution in [2.45, 2.75) is 6.92 Å². The summed E-state index contributed by atoms with van der Waals surface area (Å²) in [6.07, 6.45) is 11.4. The Morgan fingerprint density at radius 3 is 2.45 bits per heavy atom. The molecule has 0 saturated carbocycles. The molecule has 0 radical (unpaired) electrons. The van der Waals surface area contributed by atoms with Gasteiger partial charge in [-0.25, -0.2) is 4.79 Å². The Kier molecular flexibility index (Phi) is 3.74. The lowest BCUT2D eigenvalue weighted by Crippen LogP contribution is -2.04. The second-order valence-corrected chi connectivity index (χ2v) is 4.97. The maximum absolute atomic E-state index is 11.8. The zero-order chi connectivity index (χ0) is 15.5. The number of ether oxygens (including phenoxy) is 2. The molecule has 0 aliphatic heterocycles. The van der Waals surface area contributed by atoms with Gasteiger partial charge < -0.3 is 9.47 Å². The smallest absolute Gasteiger partial charge is 0.336 e. The van der Waals surface area contributed by atoms with Crippen LogP contribution in [0.5, 0.6) is 11.5 Å². The van der Waals surface area contributed by atoms with E-state index < -0.39 is 11.9 Å². The van der Waals surface area contributed by atoms with Gasteiger partial charge in [0.15, 0.2) is 0 Å². The standard InChI is InChI=1S/C18H14O4/c1-12(19)21-15-6-8-16(9-7-15)22-18(20)10-5-13-3-2-4-14-11-17(13)14/h2-11,14H,1H3/b10-5+/t14-/m1/s1. The number of carbonyl (C=O) groups excluding carboxylic acids is 2. The molecule has 22 heavy (non-hydrogen) atoms. The molecule has 2 aliphatic carbocycles. The lowest BCUT2D eigenvalue weighted by Gasteiger charge is -2.04. The molecule has 0 bridgehead atoms. The minimum absolute atomic E-state index is 0.393. The fraction of sp³-hybridized carbons (Fsp3) is 0.111. The second-order valence-electron chi connectivity index (χ2n) is 4.97. The summed E-state index contributed by atoms with van der Waals surface area (Å²) < 4.78 is 10.1. The van der Waals surface area contributed by atoms with Gasteiger partial charge in [0.1, 0.15) is 11.5 Å². The lowest BCUT2D eigenvalue weighted by atomic mass is 10.0. The number of esters is 2. The zero-order valence-corrected chi connectivity index (χ0v) is 12.0. The molecule has 0 amide bonds. The van der Waals surface area contributed by atoms with Crippen LogP contribution in [0.3, 0.4) is 0 Å². The molecule has 2 aliphatic rings. The normalized spacial score (nSPS) is 18.3. The first-order valence-corrected chi connectivity index (χ1v) is 6.91. The number of benzene rings is 1. The fourth-order valence-electron chi connectivity index (χ4n) is 2.17. The van der Waals surface area contributed by atoms with Crippen LogP contribution in [-0.4, -0.2) is 11.9 Å².